The van der Waals surface area contributed by atoms with Crippen molar-refractivity contribution in [2.75, 3.05) is 14.2 Å². The largest absolute Gasteiger partial charge is 0.507 e. The van der Waals surface area contributed by atoms with Gasteiger partial charge in [0, 0.05) is 12.0 Å². The molecule has 3 aromatic rings. The number of hydrogen-bond acceptors (Lipinski definition) is 9. The third-order valence-electron chi connectivity index (χ3n) is 5.05. The molecule has 9 heteroatoms. The fourth-order valence-electron chi connectivity index (χ4n) is 3.33. The quantitative estimate of drug-likeness (QED) is 0.369. The van der Waals surface area contributed by atoms with Gasteiger partial charge in [-0.15, -0.1) is 0 Å². The zero-order valence-electron chi connectivity index (χ0n) is 20.1. The predicted octanol–water partition coefficient (Wildman–Crippen LogP) is 4.74. The number of esters is 1. The number of phenolic OH excluding ortho intramolecular Hbond substituents is 1. The standard InChI is InChI=1S/C25H28N2O7/c1-14-19(10-8-16(22(14)29)18(28)12-25(2,3)4)33-13-21-26-23(27-34-21)17-11-15(24(30)32-6)7-9-20(17)31-5/h7-11,29H,12-13H2,1-6H3. The molecule has 0 spiro atoms. The van der Waals surface area contributed by atoms with Crippen LogP contribution in [0.15, 0.2) is 34.9 Å². The normalized spacial score (nSPS) is 11.2. The van der Waals surface area contributed by atoms with Crippen molar-refractivity contribution in [2.45, 2.75) is 40.7 Å². The summed E-state index contributed by atoms with van der Waals surface area (Å²) in [6.07, 6.45) is 0.311. The Morgan fingerprint density at radius 3 is 2.44 bits per heavy atom. The van der Waals surface area contributed by atoms with Gasteiger partial charge in [-0.3, -0.25) is 4.79 Å². The second-order valence-electron chi connectivity index (χ2n) is 8.95. The first-order valence-corrected chi connectivity index (χ1v) is 10.6. The van der Waals surface area contributed by atoms with E-state index in [-0.39, 0.29) is 40.8 Å². The van der Waals surface area contributed by atoms with E-state index in [2.05, 4.69) is 10.1 Å². The van der Waals surface area contributed by atoms with Crippen molar-refractivity contribution in [3.63, 3.8) is 0 Å². The van der Waals surface area contributed by atoms with E-state index in [0.29, 0.717) is 34.6 Å². The second-order valence-corrected chi connectivity index (χ2v) is 8.95. The molecular formula is C25H28N2O7. The molecule has 1 heterocycles. The highest BCUT2D eigenvalue weighted by Gasteiger charge is 2.22. The number of aromatic nitrogens is 2. The lowest BCUT2D eigenvalue weighted by Crippen LogP contribution is -2.13. The molecule has 0 aliphatic rings. The van der Waals surface area contributed by atoms with Crippen LogP contribution >= 0.6 is 0 Å². The van der Waals surface area contributed by atoms with Crippen molar-refractivity contribution >= 4 is 11.8 Å². The van der Waals surface area contributed by atoms with Gasteiger partial charge in [0.05, 0.1) is 30.9 Å². The summed E-state index contributed by atoms with van der Waals surface area (Å²) in [6.45, 7) is 7.49. The van der Waals surface area contributed by atoms with E-state index < -0.39 is 5.97 Å². The Morgan fingerprint density at radius 2 is 1.79 bits per heavy atom. The van der Waals surface area contributed by atoms with E-state index in [4.69, 9.17) is 18.7 Å². The lowest BCUT2D eigenvalue weighted by molar-refractivity contribution is 0.0600. The Kier molecular flexibility index (Phi) is 7.24. The number of carbonyl (C=O) groups is 2. The van der Waals surface area contributed by atoms with Gasteiger partial charge in [0.25, 0.3) is 5.89 Å². The average molecular weight is 469 g/mol. The zero-order valence-corrected chi connectivity index (χ0v) is 20.1. The first-order valence-electron chi connectivity index (χ1n) is 10.6. The maximum atomic E-state index is 12.5. The summed E-state index contributed by atoms with van der Waals surface area (Å²) >= 11 is 0. The molecule has 0 bridgehead atoms. The van der Waals surface area contributed by atoms with E-state index in [1.807, 2.05) is 20.8 Å². The van der Waals surface area contributed by atoms with Gasteiger partial charge in [0.1, 0.15) is 17.2 Å². The SMILES string of the molecule is COC(=O)c1ccc(OC)c(-c2noc(COc3ccc(C(=O)CC(C)(C)C)c(O)c3C)n2)c1. The Bertz CT molecular complexity index is 1210. The van der Waals surface area contributed by atoms with Crippen molar-refractivity contribution < 1.29 is 33.4 Å². The van der Waals surface area contributed by atoms with Gasteiger partial charge in [-0.05, 0) is 42.7 Å². The van der Waals surface area contributed by atoms with Crippen LogP contribution in [0.3, 0.4) is 0 Å². The number of hydrogen-bond donors (Lipinski definition) is 1. The van der Waals surface area contributed by atoms with E-state index in [1.165, 1.54) is 14.2 Å². The van der Waals surface area contributed by atoms with Crippen LogP contribution in [-0.4, -0.2) is 41.2 Å². The summed E-state index contributed by atoms with van der Waals surface area (Å²) in [4.78, 5) is 28.7. The molecule has 2 aromatic carbocycles. The fraction of sp³-hybridized carbons (Fsp3) is 0.360. The second kappa shape index (κ2) is 9.94. The van der Waals surface area contributed by atoms with Crippen molar-refractivity contribution in [2.24, 2.45) is 5.41 Å². The van der Waals surface area contributed by atoms with Gasteiger partial charge in [0.2, 0.25) is 5.82 Å². The average Bonchev–Trinajstić information content (AvgIpc) is 3.26. The highest BCUT2D eigenvalue weighted by atomic mass is 16.5. The molecule has 0 radical (unpaired) electrons. The molecule has 0 aliphatic heterocycles. The van der Waals surface area contributed by atoms with Crippen LogP contribution in [0, 0.1) is 12.3 Å². The van der Waals surface area contributed by atoms with E-state index in [1.54, 1.807) is 37.3 Å². The lowest BCUT2D eigenvalue weighted by Gasteiger charge is -2.18. The number of ketones is 1. The molecule has 0 fully saturated rings. The molecule has 0 saturated heterocycles. The summed E-state index contributed by atoms with van der Waals surface area (Å²) < 4.78 is 21.1. The lowest BCUT2D eigenvalue weighted by atomic mass is 9.87. The Morgan fingerprint density at radius 1 is 1.09 bits per heavy atom. The van der Waals surface area contributed by atoms with Crippen molar-refractivity contribution in [1.29, 1.82) is 0 Å². The molecule has 0 amide bonds. The highest BCUT2D eigenvalue weighted by Crippen LogP contribution is 2.34. The monoisotopic (exact) mass is 468 g/mol. The van der Waals surface area contributed by atoms with Crippen LogP contribution in [0.2, 0.25) is 0 Å². The number of aromatic hydroxyl groups is 1. The molecule has 34 heavy (non-hydrogen) atoms. The first-order chi connectivity index (χ1) is 16.0. The number of ether oxygens (including phenoxy) is 3. The van der Waals surface area contributed by atoms with Gasteiger partial charge >= 0.3 is 5.97 Å². The molecule has 9 nitrogen and oxygen atoms in total. The number of phenols is 1. The number of nitrogens with zero attached hydrogens (tertiary/aromatic N) is 2. The summed E-state index contributed by atoms with van der Waals surface area (Å²) in [7, 11) is 2.79. The molecule has 180 valence electrons. The van der Waals surface area contributed by atoms with E-state index in [9.17, 15) is 14.7 Å². The van der Waals surface area contributed by atoms with Crippen LogP contribution in [0.5, 0.6) is 17.2 Å². The number of rotatable bonds is 8. The number of methoxy groups -OCH3 is 2. The zero-order chi connectivity index (χ0) is 25.0. The molecule has 1 N–H and O–H groups in total. The Labute approximate surface area is 197 Å². The molecule has 0 aliphatic carbocycles. The molecule has 3 rings (SSSR count). The van der Waals surface area contributed by atoms with Crippen molar-refractivity contribution in [3.8, 4) is 28.6 Å². The third-order valence-corrected chi connectivity index (χ3v) is 5.05. The minimum Gasteiger partial charge on any atom is -0.507 e. The summed E-state index contributed by atoms with van der Waals surface area (Å²) in [5.74, 6) is 0.477. The smallest absolute Gasteiger partial charge is 0.337 e. The van der Waals surface area contributed by atoms with Crippen LogP contribution in [0.4, 0.5) is 0 Å². The Balaban J connectivity index is 1.78. The first kappa shape index (κ1) is 24.8. The molecule has 1 aromatic heterocycles. The van der Waals surface area contributed by atoms with E-state index >= 15 is 0 Å². The summed E-state index contributed by atoms with van der Waals surface area (Å²) in [6, 6.07) is 7.92. The fourth-order valence-corrected chi connectivity index (χ4v) is 3.33. The Hall–Kier alpha value is -3.88. The number of Topliss-reactive ketones (excluding diaryl/α,β-unsaturated/α-hetero) is 1. The highest BCUT2D eigenvalue weighted by molar-refractivity contribution is 5.99. The summed E-state index contributed by atoms with van der Waals surface area (Å²) in [5, 5.41) is 14.5. The van der Waals surface area contributed by atoms with Gasteiger partial charge in [-0.2, -0.15) is 4.98 Å². The van der Waals surface area contributed by atoms with Gasteiger partial charge in [0.15, 0.2) is 12.4 Å². The minimum atomic E-state index is -0.504. The van der Waals surface area contributed by atoms with Crippen molar-refractivity contribution in [3.05, 3.63) is 52.9 Å². The summed E-state index contributed by atoms with van der Waals surface area (Å²) in [5.41, 5.74) is 1.27. The van der Waals surface area contributed by atoms with Crippen LogP contribution in [-0.2, 0) is 11.3 Å². The topological polar surface area (TPSA) is 121 Å². The number of carbonyl (C=O) groups excluding carboxylic acids is 2. The minimum absolute atomic E-state index is 0.0679. The van der Waals surface area contributed by atoms with Gasteiger partial charge in [-0.1, -0.05) is 25.9 Å². The van der Waals surface area contributed by atoms with E-state index in [0.717, 1.165) is 0 Å². The predicted molar refractivity (Wildman–Crippen MR) is 123 cm³/mol. The van der Waals surface area contributed by atoms with Gasteiger partial charge in [-0.25, -0.2) is 4.79 Å². The van der Waals surface area contributed by atoms with Crippen molar-refractivity contribution in [1.82, 2.24) is 10.1 Å². The maximum Gasteiger partial charge on any atom is 0.337 e. The molecule has 0 saturated carbocycles. The molecule has 0 atom stereocenters. The molecule has 0 unspecified atom stereocenters. The number of benzene rings is 2. The van der Waals surface area contributed by atoms with Crippen LogP contribution in [0.1, 0.15) is 59.4 Å². The maximum absolute atomic E-state index is 12.5. The third kappa shape index (κ3) is 5.54. The molecular weight excluding hydrogens is 440 g/mol. The van der Waals surface area contributed by atoms with Crippen LogP contribution in [0.25, 0.3) is 11.4 Å². The van der Waals surface area contributed by atoms with Crippen LogP contribution < -0.4 is 9.47 Å². The van der Waals surface area contributed by atoms with Gasteiger partial charge < -0.3 is 23.8 Å².